The first-order valence-electron chi connectivity index (χ1n) is 7.53. The van der Waals surface area contributed by atoms with Gasteiger partial charge in [-0.2, -0.15) is 0 Å². The molecule has 2 rings (SSSR count). The van der Waals surface area contributed by atoms with Gasteiger partial charge < -0.3 is 4.74 Å². The number of rotatable bonds is 6. The van der Waals surface area contributed by atoms with E-state index >= 15 is 0 Å². The maximum atomic E-state index is 12.4. The molecule has 4 nitrogen and oxygen atoms in total. The van der Waals surface area contributed by atoms with Crippen molar-refractivity contribution < 1.29 is 14.3 Å². The maximum Gasteiger partial charge on any atom is 0.261 e. The zero-order valence-electron chi connectivity index (χ0n) is 13.2. The molecule has 0 spiro atoms. The third kappa shape index (κ3) is 3.32. The number of hydrogen-bond donors (Lipinski definition) is 0. The third-order valence-electron chi connectivity index (χ3n) is 3.64. The van der Waals surface area contributed by atoms with E-state index in [-0.39, 0.29) is 17.9 Å². The second-order valence-corrected chi connectivity index (χ2v) is 5.99. The number of imide groups is 1. The van der Waals surface area contributed by atoms with Gasteiger partial charge in [0.2, 0.25) is 0 Å². The molecule has 114 valence electrons. The SMILES string of the molecule is CC(C)OCCCN1C(=O)c2ccc(C(C)C)cc2C1=O. The third-order valence-corrected chi connectivity index (χ3v) is 3.64. The van der Waals surface area contributed by atoms with E-state index in [2.05, 4.69) is 13.8 Å². The summed E-state index contributed by atoms with van der Waals surface area (Å²) in [6.45, 7) is 9.05. The Hall–Kier alpha value is -1.68. The van der Waals surface area contributed by atoms with Crippen LogP contribution in [0, 0.1) is 0 Å². The minimum absolute atomic E-state index is 0.167. The molecule has 1 aliphatic heterocycles. The Morgan fingerprint density at radius 3 is 2.33 bits per heavy atom. The first-order valence-corrected chi connectivity index (χ1v) is 7.53. The Balaban J connectivity index is 2.07. The molecular weight excluding hydrogens is 266 g/mol. The van der Waals surface area contributed by atoms with Crippen molar-refractivity contribution in [1.29, 1.82) is 0 Å². The number of carbonyl (C=O) groups is 2. The van der Waals surface area contributed by atoms with Crippen LogP contribution in [0.5, 0.6) is 0 Å². The van der Waals surface area contributed by atoms with Crippen LogP contribution in [0.4, 0.5) is 0 Å². The van der Waals surface area contributed by atoms with Gasteiger partial charge in [-0.3, -0.25) is 14.5 Å². The highest BCUT2D eigenvalue weighted by molar-refractivity contribution is 6.21. The van der Waals surface area contributed by atoms with Crippen LogP contribution in [0.2, 0.25) is 0 Å². The fourth-order valence-electron chi connectivity index (χ4n) is 2.41. The first-order chi connectivity index (χ1) is 9.91. The van der Waals surface area contributed by atoms with Crippen molar-refractivity contribution in [3.63, 3.8) is 0 Å². The number of fused-ring (bicyclic) bond motifs is 1. The number of hydrogen-bond acceptors (Lipinski definition) is 3. The fourth-order valence-corrected chi connectivity index (χ4v) is 2.41. The molecule has 1 aliphatic rings. The van der Waals surface area contributed by atoms with Gasteiger partial charge in [-0.05, 0) is 43.9 Å². The number of amides is 2. The van der Waals surface area contributed by atoms with Crippen molar-refractivity contribution in [2.24, 2.45) is 0 Å². The van der Waals surface area contributed by atoms with Crippen LogP contribution >= 0.6 is 0 Å². The molecule has 0 aliphatic carbocycles. The summed E-state index contributed by atoms with van der Waals surface area (Å²) < 4.78 is 5.45. The molecule has 0 fully saturated rings. The van der Waals surface area contributed by atoms with Crippen molar-refractivity contribution in [3.05, 3.63) is 34.9 Å². The van der Waals surface area contributed by atoms with Gasteiger partial charge in [0, 0.05) is 13.2 Å². The van der Waals surface area contributed by atoms with Crippen LogP contribution < -0.4 is 0 Å². The van der Waals surface area contributed by atoms with E-state index in [1.807, 2.05) is 26.0 Å². The van der Waals surface area contributed by atoms with E-state index in [1.165, 1.54) is 4.90 Å². The Morgan fingerprint density at radius 1 is 1.05 bits per heavy atom. The number of benzene rings is 1. The second-order valence-electron chi connectivity index (χ2n) is 5.99. The predicted octanol–water partition coefficient (Wildman–Crippen LogP) is 3.22. The van der Waals surface area contributed by atoms with Gasteiger partial charge in [-0.1, -0.05) is 19.9 Å². The van der Waals surface area contributed by atoms with Gasteiger partial charge in [-0.15, -0.1) is 0 Å². The summed E-state index contributed by atoms with van der Waals surface area (Å²) in [7, 11) is 0. The number of carbonyl (C=O) groups excluding carboxylic acids is 2. The molecule has 1 aromatic carbocycles. The molecule has 1 heterocycles. The fraction of sp³-hybridized carbons (Fsp3) is 0.529. The van der Waals surface area contributed by atoms with E-state index < -0.39 is 0 Å². The monoisotopic (exact) mass is 289 g/mol. The highest BCUT2D eigenvalue weighted by Gasteiger charge is 2.35. The van der Waals surface area contributed by atoms with Crippen molar-refractivity contribution in [2.45, 2.75) is 46.1 Å². The quantitative estimate of drug-likeness (QED) is 0.596. The largest absolute Gasteiger partial charge is 0.379 e. The van der Waals surface area contributed by atoms with Gasteiger partial charge in [0.25, 0.3) is 11.8 Å². The molecule has 0 saturated heterocycles. The average molecular weight is 289 g/mol. The summed E-state index contributed by atoms with van der Waals surface area (Å²) in [6, 6.07) is 5.56. The minimum atomic E-state index is -0.185. The number of nitrogens with zero attached hydrogens (tertiary/aromatic N) is 1. The summed E-state index contributed by atoms with van der Waals surface area (Å²) in [6.07, 6.45) is 0.835. The van der Waals surface area contributed by atoms with E-state index in [0.29, 0.717) is 36.6 Å². The van der Waals surface area contributed by atoms with Gasteiger partial charge in [0.05, 0.1) is 17.2 Å². The number of ether oxygens (including phenoxy) is 1. The van der Waals surface area contributed by atoms with Crippen LogP contribution in [0.25, 0.3) is 0 Å². The molecular formula is C17H23NO3. The Bertz CT molecular complexity index is 549. The highest BCUT2D eigenvalue weighted by Crippen LogP contribution is 2.26. The van der Waals surface area contributed by atoms with E-state index in [9.17, 15) is 9.59 Å². The molecule has 2 amide bonds. The van der Waals surface area contributed by atoms with E-state index in [0.717, 1.165) is 5.56 Å². The maximum absolute atomic E-state index is 12.4. The molecule has 0 aromatic heterocycles. The molecule has 0 atom stereocenters. The summed E-state index contributed by atoms with van der Waals surface area (Å²) in [5.41, 5.74) is 2.14. The standard InChI is InChI=1S/C17H23NO3/c1-11(2)13-6-7-14-15(10-13)17(20)18(16(14)19)8-5-9-21-12(3)4/h6-7,10-12H,5,8-9H2,1-4H3. The normalized spacial score (nSPS) is 14.5. The van der Waals surface area contributed by atoms with E-state index in [1.54, 1.807) is 6.07 Å². The molecule has 0 radical (unpaired) electrons. The smallest absolute Gasteiger partial charge is 0.261 e. The van der Waals surface area contributed by atoms with Gasteiger partial charge in [0.1, 0.15) is 0 Å². The molecule has 0 unspecified atom stereocenters. The van der Waals surface area contributed by atoms with Crippen molar-refractivity contribution >= 4 is 11.8 Å². The zero-order chi connectivity index (χ0) is 15.6. The second kappa shape index (κ2) is 6.39. The Morgan fingerprint density at radius 2 is 1.71 bits per heavy atom. The Kier molecular flexibility index (Phi) is 4.78. The van der Waals surface area contributed by atoms with Crippen LogP contribution in [0.3, 0.4) is 0 Å². The lowest BCUT2D eigenvalue weighted by Crippen LogP contribution is -2.31. The molecule has 0 N–H and O–H groups in total. The first kappa shape index (κ1) is 15.7. The van der Waals surface area contributed by atoms with Gasteiger partial charge in [0.15, 0.2) is 0 Å². The molecule has 0 saturated carbocycles. The predicted molar refractivity (Wildman–Crippen MR) is 81.6 cm³/mol. The van der Waals surface area contributed by atoms with Gasteiger partial charge >= 0.3 is 0 Å². The summed E-state index contributed by atoms with van der Waals surface area (Å²) in [5, 5.41) is 0. The lowest BCUT2D eigenvalue weighted by atomic mass is 9.98. The molecule has 0 bridgehead atoms. The minimum Gasteiger partial charge on any atom is -0.379 e. The van der Waals surface area contributed by atoms with Crippen molar-refractivity contribution in [3.8, 4) is 0 Å². The zero-order valence-corrected chi connectivity index (χ0v) is 13.2. The average Bonchev–Trinajstić information content (AvgIpc) is 2.67. The lowest BCUT2D eigenvalue weighted by molar-refractivity contribution is 0.0566. The molecule has 1 aromatic rings. The summed E-state index contributed by atoms with van der Waals surface area (Å²) in [5.74, 6) is -0.0245. The van der Waals surface area contributed by atoms with Crippen molar-refractivity contribution in [2.75, 3.05) is 13.2 Å². The van der Waals surface area contributed by atoms with Crippen LogP contribution in [0.15, 0.2) is 18.2 Å². The van der Waals surface area contributed by atoms with Gasteiger partial charge in [-0.25, -0.2) is 0 Å². The molecule has 4 heteroatoms. The summed E-state index contributed by atoms with van der Waals surface area (Å²) in [4.78, 5) is 26.0. The van der Waals surface area contributed by atoms with Crippen molar-refractivity contribution in [1.82, 2.24) is 4.90 Å². The molecule has 21 heavy (non-hydrogen) atoms. The lowest BCUT2D eigenvalue weighted by Gasteiger charge is -2.14. The summed E-state index contributed by atoms with van der Waals surface area (Å²) >= 11 is 0. The van der Waals surface area contributed by atoms with Crippen LogP contribution in [0.1, 0.15) is 66.3 Å². The van der Waals surface area contributed by atoms with Crippen LogP contribution in [-0.2, 0) is 4.74 Å². The Labute approximate surface area is 126 Å². The van der Waals surface area contributed by atoms with E-state index in [4.69, 9.17) is 4.74 Å². The topological polar surface area (TPSA) is 46.6 Å². The van der Waals surface area contributed by atoms with Crippen LogP contribution in [-0.4, -0.2) is 36.0 Å². The highest BCUT2D eigenvalue weighted by atomic mass is 16.5.